The number of rotatable bonds is 2. The van der Waals surface area contributed by atoms with Crippen molar-refractivity contribution >= 4 is 11.9 Å². The molecule has 0 bridgehead atoms. The molecule has 1 saturated heterocycles. The number of hydrogen-bond donors (Lipinski definition) is 0. The highest BCUT2D eigenvalue weighted by Crippen LogP contribution is 2.33. The van der Waals surface area contributed by atoms with Crippen LogP contribution in [0.3, 0.4) is 0 Å². The number of piperazine rings is 1. The minimum Gasteiger partial charge on any atom is -0.339 e. The number of hydrogen-bond acceptors (Lipinski definition) is 4. The lowest BCUT2D eigenvalue weighted by Gasteiger charge is -2.37. The molecule has 1 aromatic heterocycles. The van der Waals surface area contributed by atoms with Crippen molar-refractivity contribution in [3.63, 3.8) is 0 Å². The maximum atomic E-state index is 13.0. The van der Waals surface area contributed by atoms with Crippen LogP contribution >= 0.6 is 0 Å². The van der Waals surface area contributed by atoms with Crippen LogP contribution in [0.4, 0.5) is 5.95 Å². The van der Waals surface area contributed by atoms with E-state index in [0.717, 1.165) is 51.4 Å². The van der Waals surface area contributed by atoms with E-state index in [1.165, 1.54) is 11.1 Å². The molecule has 0 saturated carbocycles. The SMILES string of the molecule is O=C(C1CCCc2ccccc21)N1CCN(c2ncccn2)CC1. The fourth-order valence-electron chi connectivity index (χ4n) is 3.81. The van der Waals surface area contributed by atoms with Crippen molar-refractivity contribution in [2.24, 2.45) is 0 Å². The molecule has 1 amide bonds. The lowest BCUT2D eigenvalue weighted by Crippen LogP contribution is -2.50. The molecule has 0 radical (unpaired) electrons. The van der Waals surface area contributed by atoms with E-state index in [2.05, 4.69) is 39.1 Å². The molecule has 5 nitrogen and oxygen atoms in total. The van der Waals surface area contributed by atoms with Gasteiger partial charge in [-0.1, -0.05) is 24.3 Å². The molecule has 0 spiro atoms. The summed E-state index contributed by atoms with van der Waals surface area (Å²) in [5.74, 6) is 1.08. The van der Waals surface area contributed by atoms with Crippen molar-refractivity contribution in [2.45, 2.75) is 25.2 Å². The van der Waals surface area contributed by atoms with Crippen molar-refractivity contribution in [2.75, 3.05) is 31.1 Å². The van der Waals surface area contributed by atoms with Crippen LogP contribution in [0.2, 0.25) is 0 Å². The molecule has 2 aromatic rings. The summed E-state index contributed by atoms with van der Waals surface area (Å²) in [4.78, 5) is 25.8. The van der Waals surface area contributed by atoms with Crippen LogP contribution < -0.4 is 4.90 Å². The third kappa shape index (κ3) is 2.86. The number of anilines is 1. The first-order valence-corrected chi connectivity index (χ1v) is 8.71. The summed E-state index contributed by atoms with van der Waals surface area (Å²) in [6, 6.07) is 10.2. The smallest absolute Gasteiger partial charge is 0.230 e. The second-order valence-electron chi connectivity index (χ2n) is 6.50. The molecule has 24 heavy (non-hydrogen) atoms. The molecule has 1 atom stereocenters. The highest BCUT2D eigenvalue weighted by atomic mass is 16.2. The average Bonchev–Trinajstić information content (AvgIpc) is 2.68. The van der Waals surface area contributed by atoms with Crippen LogP contribution in [0.15, 0.2) is 42.7 Å². The van der Waals surface area contributed by atoms with Crippen molar-refractivity contribution in [1.29, 1.82) is 0 Å². The maximum Gasteiger partial charge on any atom is 0.230 e. The predicted molar refractivity (Wildman–Crippen MR) is 92.9 cm³/mol. The van der Waals surface area contributed by atoms with Gasteiger partial charge < -0.3 is 9.80 Å². The Labute approximate surface area is 142 Å². The summed E-state index contributed by atoms with van der Waals surface area (Å²) in [6.45, 7) is 3.08. The molecular weight excluding hydrogens is 300 g/mol. The number of carbonyl (C=O) groups excluding carboxylic acids is 1. The van der Waals surface area contributed by atoms with Gasteiger partial charge in [0.05, 0.1) is 5.92 Å². The fraction of sp³-hybridized carbons (Fsp3) is 0.421. The van der Waals surface area contributed by atoms with Crippen LogP contribution in [0.1, 0.15) is 29.9 Å². The van der Waals surface area contributed by atoms with Gasteiger partial charge in [-0.25, -0.2) is 9.97 Å². The summed E-state index contributed by atoms with van der Waals surface area (Å²) in [6.07, 6.45) is 6.69. The molecule has 2 heterocycles. The van der Waals surface area contributed by atoms with E-state index in [1.54, 1.807) is 12.4 Å². The Morgan fingerprint density at radius 3 is 2.54 bits per heavy atom. The second-order valence-corrected chi connectivity index (χ2v) is 6.50. The van der Waals surface area contributed by atoms with Crippen molar-refractivity contribution < 1.29 is 4.79 Å². The molecule has 1 aliphatic carbocycles. The number of amides is 1. The van der Waals surface area contributed by atoms with Gasteiger partial charge in [0.15, 0.2) is 0 Å². The van der Waals surface area contributed by atoms with E-state index in [4.69, 9.17) is 0 Å². The highest BCUT2D eigenvalue weighted by Gasteiger charge is 2.31. The Bertz CT molecular complexity index is 710. The zero-order valence-electron chi connectivity index (χ0n) is 13.8. The molecule has 124 valence electrons. The van der Waals surface area contributed by atoms with E-state index in [9.17, 15) is 4.79 Å². The Kier molecular flexibility index (Phi) is 4.15. The van der Waals surface area contributed by atoms with E-state index in [0.29, 0.717) is 0 Å². The summed E-state index contributed by atoms with van der Waals surface area (Å²) in [5, 5.41) is 0. The number of nitrogens with zero attached hydrogens (tertiary/aromatic N) is 4. The Balaban J connectivity index is 1.44. The van der Waals surface area contributed by atoms with Gasteiger partial charge in [0.25, 0.3) is 0 Å². The quantitative estimate of drug-likeness (QED) is 0.851. The maximum absolute atomic E-state index is 13.0. The van der Waals surface area contributed by atoms with Gasteiger partial charge in [0.2, 0.25) is 11.9 Å². The number of aromatic nitrogens is 2. The minimum atomic E-state index is 0.0366. The first kappa shape index (κ1) is 15.1. The Morgan fingerprint density at radius 1 is 1.00 bits per heavy atom. The summed E-state index contributed by atoms with van der Waals surface area (Å²) in [7, 11) is 0. The third-order valence-electron chi connectivity index (χ3n) is 5.09. The van der Waals surface area contributed by atoms with Crippen molar-refractivity contribution in [3.05, 3.63) is 53.9 Å². The molecular formula is C19H22N4O. The molecule has 1 unspecified atom stereocenters. The number of fused-ring (bicyclic) bond motifs is 1. The second kappa shape index (κ2) is 6.59. The number of carbonyl (C=O) groups is 1. The molecule has 1 aromatic carbocycles. The summed E-state index contributed by atoms with van der Waals surface area (Å²) in [5.41, 5.74) is 2.58. The molecule has 2 aliphatic rings. The van der Waals surface area contributed by atoms with E-state index < -0.39 is 0 Å². The Hall–Kier alpha value is -2.43. The minimum absolute atomic E-state index is 0.0366. The average molecular weight is 322 g/mol. The topological polar surface area (TPSA) is 49.3 Å². The Morgan fingerprint density at radius 2 is 1.75 bits per heavy atom. The van der Waals surface area contributed by atoms with Gasteiger partial charge in [-0.05, 0) is 36.5 Å². The molecule has 0 N–H and O–H groups in total. The van der Waals surface area contributed by atoms with Crippen LogP contribution in [-0.4, -0.2) is 47.0 Å². The predicted octanol–water partition coefficient (Wildman–Crippen LogP) is 2.25. The van der Waals surface area contributed by atoms with Gasteiger partial charge in [-0.3, -0.25) is 4.79 Å². The normalized spacial score (nSPS) is 20.6. The van der Waals surface area contributed by atoms with Gasteiger partial charge in [0.1, 0.15) is 0 Å². The van der Waals surface area contributed by atoms with Crippen molar-refractivity contribution in [1.82, 2.24) is 14.9 Å². The standard InChI is InChI=1S/C19H22N4O/c24-18(17-8-3-6-15-5-1-2-7-16(15)17)22-11-13-23(14-12-22)19-20-9-4-10-21-19/h1-2,4-5,7,9-10,17H,3,6,8,11-14H2. The zero-order chi connectivity index (χ0) is 16.4. The zero-order valence-corrected chi connectivity index (χ0v) is 13.8. The van der Waals surface area contributed by atoms with Crippen LogP contribution in [0.25, 0.3) is 0 Å². The first-order chi connectivity index (χ1) is 11.8. The lowest BCUT2D eigenvalue weighted by molar-refractivity contribution is -0.133. The van der Waals surface area contributed by atoms with E-state index in [-0.39, 0.29) is 11.8 Å². The summed E-state index contributed by atoms with van der Waals surface area (Å²) < 4.78 is 0. The first-order valence-electron chi connectivity index (χ1n) is 8.71. The highest BCUT2D eigenvalue weighted by molar-refractivity contribution is 5.84. The largest absolute Gasteiger partial charge is 0.339 e. The van der Waals surface area contributed by atoms with E-state index in [1.807, 2.05) is 11.0 Å². The molecule has 5 heteroatoms. The van der Waals surface area contributed by atoms with Crippen LogP contribution in [0.5, 0.6) is 0 Å². The monoisotopic (exact) mass is 322 g/mol. The van der Waals surface area contributed by atoms with Crippen LogP contribution in [-0.2, 0) is 11.2 Å². The number of aryl methyl sites for hydroxylation is 1. The molecule has 1 aliphatic heterocycles. The van der Waals surface area contributed by atoms with Gasteiger partial charge in [0, 0.05) is 38.6 Å². The van der Waals surface area contributed by atoms with E-state index >= 15 is 0 Å². The van der Waals surface area contributed by atoms with Crippen LogP contribution in [0, 0.1) is 0 Å². The molecule has 1 fully saturated rings. The molecule has 4 rings (SSSR count). The van der Waals surface area contributed by atoms with Gasteiger partial charge >= 0.3 is 0 Å². The van der Waals surface area contributed by atoms with Gasteiger partial charge in [-0.15, -0.1) is 0 Å². The van der Waals surface area contributed by atoms with Crippen molar-refractivity contribution in [3.8, 4) is 0 Å². The third-order valence-corrected chi connectivity index (χ3v) is 5.09. The fourth-order valence-corrected chi connectivity index (χ4v) is 3.81. The lowest BCUT2D eigenvalue weighted by atomic mass is 9.82. The number of benzene rings is 1. The van der Waals surface area contributed by atoms with Gasteiger partial charge in [-0.2, -0.15) is 0 Å². The summed E-state index contributed by atoms with van der Waals surface area (Å²) >= 11 is 0.